The number of ether oxygens (including phenoxy) is 2. The first-order valence-corrected chi connectivity index (χ1v) is 16.4. The van der Waals surface area contributed by atoms with E-state index in [1.54, 1.807) is 0 Å². The average molecular weight is 567 g/mol. The van der Waals surface area contributed by atoms with Gasteiger partial charge in [0.05, 0.1) is 13.2 Å². The van der Waals surface area contributed by atoms with Gasteiger partial charge < -0.3 is 20.1 Å². The van der Waals surface area contributed by atoms with Gasteiger partial charge in [0.25, 0.3) is 0 Å². The van der Waals surface area contributed by atoms with Gasteiger partial charge in [0.15, 0.2) is 0 Å². The Kier molecular flexibility index (Phi) is 12.0. The van der Waals surface area contributed by atoms with Crippen LogP contribution in [0.4, 0.5) is 0 Å². The third kappa shape index (κ3) is 8.96. The Morgan fingerprint density at radius 2 is 1.12 bits per heavy atom. The molecule has 2 heterocycles. The summed E-state index contributed by atoms with van der Waals surface area (Å²) < 4.78 is 12.4. The van der Waals surface area contributed by atoms with Crippen molar-refractivity contribution in [3.8, 4) is 11.5 Å². The molecule has 224 valence electrons. The van der Waals surface area contributed by atoms with Crippen molar-refractivity contribution in [1.82, 2.24) is 10.6 Å². The van der Waals surface area contributed by atoms with Crippen LogP contribution in [0.25, 0.3) is 0 Å². The van der Waals surface area contributed by atoms with Crippen molar-refractivity contribution in [2.45, 2.75) is 88.1 Å². The zero-order chi connectivity index (χ0) is 28.8. The predicted octanol–water partition coefficient (Wildman–Crippen LogP) is 8.39. The molecular weight excluding hydrogens is 516 g/mol. The van der Waals surface area contributed by atoms with E-state index in [1.165, 1.54) is 68.1 Å². The molecule has 3 aromatic rings. The molecule has 2 saturated heterocycles. The summed E-state index contributed by atoms with van der Waals surface area (Å²) in [5.41, 5.74) is 3.79. The summed E-state index contributed by atoms with van der Waals surface area (Å²) in [7, 11) is 0. The van der Waals surface area contributed by atoms with Gasteiger partial charge in [-0.1, -0.05) is 86.4 Å². The lowest BCUT2D eigenvalue weighted by Gasteiger charge is -2.27. The summed E-state index contributed by atoms with van der Waals surface area (Å²) in [6.07, 6.45) is 14.6. The van der Waals surface area contributed by atoms with E-state index < -0.39 is 0 Å². The van der Waals surface area contributed by atoms with Gasteiger partial charge in [-0.05, 0) is 92.6 Å². The molecule has 0 bridgehead atoms. The molecule has 0 spiro atoms. The summed E-state index contributed by atoms with van der Waals surface area (Å²) in [6, 6.07) is 29.3. The van der Waals surface area contributed by atoms with Crippen LogP contribution < -0.4 is 20.1 Å². The van der Waals surface area contributed by atoms with Gasteiger partial charge in [-0.2, -0.15) is 0 Å². The van der Waals surface area contributed by atoms with E-state index in [9.17, 15) is 0 Å². The zero-order valence-corrected chi connectivity index (χ0v) is 25.3. The molecule has 3 atom stereocenters. The molecule has 0 saturated carbocycles. The summed E-state index contributed by atoms with van der Waals surface area (Å²) in [5, 5.41) is 7.35. The van der Waals surface area contributed by atoms with Crippen molar-refractivity contribution in [1.29, 1.82) is 0 Å². The topological polar surface area (TPSA) is 42.5 Å². The Bertz CT molecular complexity index is 1090. The SMILES string of the molecule is C=CC(c1ccccc1)C(c1ccc(OCCC2CCCCCN2)cc1)c1ccc(OCCC2CCCCCN2)cc1. The van der Waals surface area contributed by atoms with Crippen LogP contribution in [0.15, 0.2) is 91.5 Å². The van der Waals surface area contributed by atoms with Crippen molar-refractivity contribution in [2.24, 2.45) is 0 Å². The van der Waals surface area contributed by atoms with Crippen molar-refractivity contribution >= 4 is 0 Å². The lowest BCUT2D eigenvalue weighted by Crippen LogP contribution is -2.29. The Balaban J connectivity index is 1.26. The van der Waals surface area contributed by atoms with Gasteiger partial charge in [0, 0.05) is 23.9 Å². The van der Waals surface area contributed by atoms with E-state index in [0.29, 0.717) is 12.1 Å². The van der Waals surface area contributed by atoms with E-state index in [1.807, 2.05) is 0 Å². The highest BCUT2D eigenvalue weighted by Crippen LogP contribution is 2.40. The van der Waals surface area contributed by atoms with E-state index >= 15 is 0 Å². The number of nitrogens with one attached hydrogen (secondary N) is 2. The molecule has 2 fully saturated rings. The van der Waals surface area contributed by atoms with Crippen LogP contribution in [0, 0.1) is 0 Å². The molecule has 0 aliphatic carbocycles. The molecule has 42 heavy (non-hydrogen) atoms. The Labute approximate surface area is 253 Å². The molecule has 0 amide bonds. The summed E-state index contributed by atoms with van der Waals surface area (Å²) in [6.45, 7) is 8.04. The van der Waals surface area contributed by atoms with Crippen molar-refractivity contribution in [3.63, 3.8) is 0 Å². The fourth-order valence-corrected chi connectivity index (χ4v) is 6.62. The van der Waals surface area contributed by atoms with E-state index in [0.717, 1.165) is 50.6 Å². The molecule has 2 aliphatic heterocycles. The first-order valence-electron chi connectivity index (χ1n) is 16.4. The second kappa shape index (κ2) is 16.5. The number of hydrogen-bond donors (Lipinski definition) is 2. The van der Waals surface area contributed by atoms with E-state index in [2.05, 4.69) is 102 Å². The van der Waals surface area contributed by atoms with Gasteiger partial charge in [0.2, 0.25) is 0 Å². The van der Waals surface area contributed by atoms with Crippen LogP contribution in [-0.4, -0.2) is 38.4 Å². The van der Waals surface area contributed by atoms with Crippen LogP contribution >= 0.6 is 0 Å². The lowest BCUT2D eigenvalue weighted by atomic mass is 9.77. The second-order valence-electron chi connectivity index (χ2n) is 12.1. The molecule has 3 aromatic carbocycles. The normalized spacial score (nSPS) is 21.0. The maximum atomic E-state index is 6.18. The molecule has 2 N–H and O–H groups in total. The minimum Gasteiger partial charge on any atom is -0.494 e. The Morgan fingerprint density at radius 3 is 1.60 bits per heavy atom. The highest BCUT2D eigenvalue weighted by atomic mass is 16.5. The second-order valence-corrected chi connectivity index (χ2v) is 12.1. The molecule has 2 aliphatic rings. The highest BCUT2D eigenvalue weighted by Gasteiger charge is 2.25. The first kappa shape index (κ1) is 30.4. The number of allylic oxidation sites excluding steroid dienone is 1. The Hall–Kier alpha value is -3.08. The molecule has 5 rings (SSSR count). The quantitative estimate of drug-likeness (QED) is 0.204. The standard InChI is InChI=1S/C38H50N2O2/c1-2-37(30-12-6-3-7-13-30)38(31-16-20-35(21-17-31)41-28-24-33-14-8-4-10-26-39-33)32-18-22-36(23-19-32)42-29-25-34-15-9-5-11-27-40-34/h2-3,6-7,12-13,16-23,33-34,37-40H,1,4-5,8-11,14-15,24-29H2. The molecule has 0 radical (unpaired) electrons. The maximum absolute atomic E-state index is 6.18. The fraction of sp³-hybridized carbons (Fsp3) is 0.474. The maximum Gasteiger partial charge on any atom is 0.119 e. The van der Waals surface area contributed by atoms with Crippen LogP contribution in [0.5, 0.6) is 11.5 Å². The molecular formula is C38H50N2O2. The van der Waals surface area contributed by atoms with E-state index in [-0.39, 0.29) is 11.8 Å². The summed E-state index contributed by atoms with van der Waals surface area (Å²) in [5.74, 6) is 2.16. The van der Waals surface area contributed by atoms with Crippen LogP contribution in [0.3, 0.4) is 0 Å². The number of hydrogen-bond acceptors (Lipinski definition) is 4. The van der Waals surface area contributed by atoms with Crippen molar-refractivity contribution in [3.05, 3.63) is 108 Å². The molecule has 0 aromatic heterocycles. The first-order chi connectivity index (χ1) is 20.8. The minimum absolute atomic E-state index is 0.137. The Morgan fingerprint density at radius 1 is 0.619 bits per heavy atom. The summed E-state index contributed by atoms with van der Waals surface area (Å²) in [4.78, 5) is 0. The van der Waals surface area contributed by atoms with Crippen LogP contribution in [-0.2, 0) is 0 Å². The van der Waals surface area contributed by atoms with Crippen LogP contribution in [0.2, 0.25) is 0 Å². The molecule has 4 heteroatoms. The van der Waals surface area contributed by atoms with Gasteiger partial charge in [-0.3, -0.25) is 0 Å². The molecule has 4 nitrogen and oxygen atoms in total. The van der Waals surface area contributed by atoms with Gasteiger partial charge >= 0.3 is 0 Å². The smallest absolute Gasteiger partial charge is 0.119 e. The third-order valence-corrected chi connectivity index (χ3v) is 9.07. The van der Waals surface area contributed by atoms with Crippen molar-refractivity contribution < 1.29 is 9.47 Å². The minimum atomic E-state index is 0.137. The van der Waals surface area contributed by atoms with Gasteiger partial charge in [-0.15, -0.1) is 6.58 Å². The van der Waals surface area contributed by atoms with Crippen molar-refractivity contribution in [2.75, 3.05) is 26.3 Å². The predicted molar refractivity (Wildman–Crippen MR) is 175 cm³/mol. The fourth-order valence-electron chi connectivity index (χ4n) is 6.62. The van der Waals surface area contributed by atoms with Gasteiger partial charge in [-0.25, -0.2) is 0 Å². The zero-order valence-electron chi connectivity index (χ0n) is 25.3. The largest absolute Gasteiger partial charge is 0.494 e. The van der Waals surface area contributed by atoms with Crippen LogP contribution in [0.1, 0.15) is 92.7 Å². The number of benzene rings is 3. The third-order valence-electron chi connectivity index (χ3n) is 9.07. The monoisotopic (exact) mass is 566 g/mol. The van der Waals surface area contributed by atoms with E-state index in [4.69, 9.17) is 9.47 Å². The summed E-state index contributed by atoms with van der Waals surface area (Å²) >= 11 is 0. The molecule has 3 unspecified atom stereocenters. The lowest BCUT2D eigenvalue weighted by molar-refractivity contribution is 0.283. The van der Waals surface area contributed by atoms with Gasteiger partial charge in [0.1, 0.15) is 11.5 Å². The average Bonchev–Trinajstić information content (AvgIpc) is 3.47. The highest BCUT2D eigenvalue weighted by molar-refractivity contribution is 5.43. The number of rotatable bonds is 13.